The number of amides is 1. The van der Waals surface area contributed by atoms with Crippen LogP contribution in [-0.4, -0.2) is 34.5 Å². The van der Waals surface area contributed by atoms with Gasteiger partial charge in [-0.15, -0.1) is 0 Å². The van der Waals surface area contributed by atoms with Crippen LogP contribution in [0, 0.1) is 20.8 Å². The molecule has 4 heteroatoms. The fourth-order valence-corrected chi connectivity index (χ4v) is 3.09. The van der Waals surface area contributed by atoms with Gasteiger partial charge in [0, 0.05) is 12.1 Å². The normalized spacial score (nSPS) is 18.9. The van der Waals surface area contributed by atoms with Crippen LogP contribution < -0.4 is 0 Å². The molecular formula is C16H21NO3. The Bertz CT molecular complexity index is 528. The van der Waals surface area contributed by atoms with E-state index in [1.54, 1.807) is 0 Å². The summed E-state index contributed by atoms with van der Waals surface area (Å²) in [6.45, 7) is 6.34. The fraction of sp³-hybridized carbons (Fsp3) is 0.500. The van der Waals surface area contributed by atoms with Gasteiger partial charge in [-0.3, -0.25) is 4.79 Å². The van der Waals surface area contributed by atoms with Gasteiger partial charge < -0.3 is 10.0 Å². The first-order chi connectivity index (χ1) is 9.41. The third-order valence-corrected chi connectivity index (χ3v) is 3.94. The van der Waals surface area contributed by atoms with Crippen LogP contribution in [-0.2, 0) is 4.79 Å². The van der Waals surface area contributed by atoms with E-state index >= 15 is 0 Å². The first-order valence-corrected chi connectivity index (χ1v) is 7.03. The van der Waals surface area contributed by atoms with Crippen molar-refractivity contribution in [1.29, 1.82) is 0 Å². The highest BCUT2D eigenvalue weighted by molar-refractivity contribution is 5.99. The number of hydrogen-bond donors (Lipinski definition) is 1. The van der Waals surface area contributed by atoms with Gasteiger partial charge in [0.25, 0.3) is 5.91 Å². The third-order valence-electron chi connectivity index (χ3n) is 3.94. The SMILES string of the molecule is Cc1cc(C)c(C(=O)N2CCCC[C@@H]2C(=O)O)c(C)c1. The maximum atomic E-state index is 12.7. The second kappa shape index (κ2) is 5.65. The molecule has 108 valence electrons. The Balaban J connectivity index is 2.37. The summed E-state index contributed by atoms with van der Waals surface area (Å²) in [6, 6.07) is 3.26. The van der Waals surface area contributed by atoms with Crippen molar-refractivity contribution in [3.8, 4) is 0 Å². The highest BCUT2D eigenvalue weighted by Gasteiger charge is 2.33. The number of carboxylic acid groups (broad SMARTS) is 1. The van der Waals surface area contributed by atoms with Crippen molar-refractivity contribution in [3.05, 3.63) is 34.4 Å². The van der Waals surface area contributed by atoms with E-state index in [1.165, 1.54) is 4.90 Å². The topological polar surface area (TPSA) is 57.6 Å². The van der Waals surface area contributed by atoms with Crippen LogP contribution in [0.1, 0.15) is 46.3 Å². The van der Waals surface area contributed by atoms with Gasteiger partial charge in [0.1, 0.15) is 6.04 Å². The molecule has 4 nitrogen and oxygen atoms in total. The van der Waals surface area contributed by atoms with E-state index in [4.69, 9.17) is 0 Å². The van der Waals surface area contributed by atoms with Crippen LogP contribution in [0.15, 0.2) is 12.1 Å². The first kappa shape index (κ1) is 14.6. The Morgan fingerprint density at radius 3 is 2.30 bits per heavy atom. The lowest BCUT2D eigenvalue weighted by molar-refractivity contribution is -0.143. The summed E-state index contributed by atoms with van der Waals surface area (Å²) in [5.74, 6) is -1.05. The molecule has 1 aromatic carbocycles. The number of aryl methyl sites for hydroxylation is 3. The van der Waals surface area contributed by atoms with E-state index in [2.05, 4.69) is 0 Å². The molecular weight excluding hydrogens is 254 g/mol. The van der Waals surface area contributed by atoms with Crippen LogP contribution in [0.2, 0.25) is 0 Å². The fourth-order valence-electron chi connectivity index (χ4n) is 3.09. The Labute approximate surface area is 119 Å². The van der Waals surface area contributed by atoms with Crippen molar-refractivity contribution in [1.82, 2.24) is 4.90 Å². The predicted molar refractivity (Wildman–Crippen MR) is 77.0 cm³/mol. The molecule has 0 unspecified atom stereocenters. The number of hydrogen-bond acceptors (Lipinski definition) is 2. The third kappa shape index (κ3) is 2.69. The minimum atomic E-state index is -0.902. The lowest BCUT2D eigenvalue weighted by atomic mass is 9.95. The molecule has 0 bridgehead atoms. The molecule has 0 saturated carbocycles. The molecule has 0 radical (unpaired) electrons. The van der Waals surface area contributed by atoms with Gasteiger partial charge in [-0.05, 0) is 51.2 Å². The monoisotopic (exact) mass is 275 g/mol. The molecule has 0 aromatic heterocycles. The molecule has 1 aliphatic heterocycles. The number of likely N-dealkylation sites (tertiary alicyclic amines) is 1. The van der Waals surface area contributed by atoms with Crippen molar-refractivity contribution < 1.29 is 14.7 Å². The van der Waals surface area contributed by atoms with Crippen LogP contribution in [0.5, 0.6) is 0 Å². The maximum Gasteiger partial charge on any atom is 0.326 e. The molecule has 0 aliphatic carbocycles. The van der Waals surface area contributed by atoms with Gasteiger partial charge >= 0.3 is 5.97 Å². The molecule has 2 rings (SSSR count). The van der Waals surface area contributed by atoms with Crippen molar-refractivity contribution in [3.63, 3.8) is 0 Å². The van der Waals surface area contributed by atoms with Crippen molar-refractivity contribution in [2.24, 2.45) is 0 Å². The zero-order chi connectivity index (χ0) is 14.9. The highest BCUT2D eigenvalue weighted by Crippen LogP contribution is 2.24. The Morgan fingerprint density at radius 1 is 1.15 bits per heavy atom. The number of nitrogens with zero attached hydrogens (tertiary/aromatic N) is 1. The number of rotatable bonds is 2. The molecule has 1 N–H and O–H groups in total. The average molecular weight is 275 g/mol. The van der Waals surface area contributed by atoms with Crippen LogP contribution in [0.4, 0.5) is 0 Å². The number of benzene rings is 1. The Morgan fingerprint density at radius 2 is 1.75 bits per heavy atom. The average Bonchev–Trinajstić information content (AvgIpc) is 2.37. The second-order valence-corrected chi connectivity index (χ2v) is 5.62. The number of carbonyl (C=O) groups is 2. The van der Waals surface area contributed by atoms with E-state index in [1.807, 2.05) is 32.9 Å². The van der Waals surface area contributed by atoms with Gasteiger partial charge in [0.15, 0.2) is 0 Å². The summed E-state index contributed by atoms with van der Waals surface area (Å²) in [6.07, 6.45) is 2.29. The molecule has 1 amide bonds. The standard InChI is InChI=1S/C16H21NO3/c1-10-8-11(2)14(12(3)9-10)15(18)17-7-5-4-6-13(17)16(19)20/h8-9,13H,4-7H2,1-3H3,(H,19,20)/t13-/m1/s1. The lowest BCUT2D eigenvalue weighted by Gasteiger charge is -2.33. The van der Waals surface area contributed by atoms with E-state index < -0.39 is 12.0 Å². The van der Waals surface area contributed by atoms with Gasteiger partial charge in [-0.25, -0.2) is 4.79 Å². The molecule has 1 atom stereocenters. The molecule has 20 heavy (non-hydrogen) atoms. The first-order valence-electron chi connectivity index (χ1n) is 7.03. The number of aliphatic carboxylic acids is 1. The number of piperidine rings is 1. The Kier molecular flexibility index (Phi) is 4.12. The number of carboxylic acids is 1. The second-order valence-electron chi connectivity index (χ2n) is 5.62. The molecule has 1 heterocycles. The summed E-state index contributed by atoms with van der Waals surface area (Å²) in [5.41, 5.74) is 3.61. The van der Waals surface area contributed by atoms with Gasteiger partial charge in [0.2, 0.25) is 0 Å². The zero-order valence-corrected chi connectivity index (χ0v) is 12.3. The van der Waals surface area contributed by atoms with Gasteiger partial charge in [-0.2, -0.15) is 0 Å². The van der Waals surface area contributed by atoms with Crippen LogP contribution >= 0.6 is 0 Å². The van der Waals surface area contributed by atoms with Crippen molar-refractivity contribution >= 4 is 11.9 Å². The Hall–Kier alpha value is -1.84. The maximum absolute atomic E-state index is 12.7. The minimum Gasteiger partial charge on any atom is -0.480 e. The van der Waals surface area contributed by atoms with Gasteiger partial charge in [-0.1, -0.05) is 17.7 Å². The molecule has 0 spiro atoms. The van der Waals surface area contributed by atoms with E-state index in [-0.39, 0.29) is 5.91 Å². The molecule has 1 saturated heterocycles. The van der Waals surface area contributed by atoms with Crippen LogP contribution in [0.3, 0.4) is 0 Å². The largest absolute Gasteiger partial charge is 0.480 e. The van der Waals surface area contributed by atoms with E-state index in [9.17, 15) is 14.7 Å². The van der Waals surface area contributed by atoms with E-state index in [0.29, 0.717) is 18.5 Å². The van der Waals surface area contributed by atoms with E-state index in [0.717, 1.165) is 29.5 Å². The summed E-state index contributed by atoms with van der Waals surface area (Å²) in [4.78, 5) is 25.6. The quantitative estimate of drug-likeness (QED) is 0.902. The molecule has 1 aliphatic rings. The lowest BCUT2D eigenvalue weighted by Crippen LogP contribution is -2.48. The summed E-state index contributed by atoms with van der Waals surface area (Å²) < 4.78 is 0. The van der Waals surface area contributed by atoms with Crippen LogP contribution in [0.25, 0.3) is 0 Å². The summed E-state index contributed by atoms with van der Waals surface area (Å²) in [7, 11) is 0. The van der Waals surface area contributed by atoms with Gasteiger partial charge in [0.05, 0.1) is 0 Å². The molecule has 1 aromatic rings. The predicted octanol–water partition coefficient (Wildman–Crippen LogP) is 2.69. The highest BCUT2D eigenvalue weighted by atomic mass is 16.4. The summed E-state index contributed by atoms with van der Waals surface area (Å²) >= 11 is 0. The van der Waals surface area contributed by atoms with Crippen molar-refractivity contribution in [2.75, 3.05) is 6.54 Å². The number of carbonyl (C=O) groups excluding carboxylic acids is 1. The smallest absolute Gasteiger partial charge is 0.326 e. The zero-order valence-electron chi connectivity index (χ0n) is 12.3. The molecule has 1 fully saturated rings. The van der Waals surface area contributed by atoms with Crippen molar-refractivity contribution in [2.45, 2.75) is 46.1 Å². The summed E-state index contributed by atoms with van der Waals surface area (Å²) in [5, 5.41) is 9.29. The minimum absolute atomic E-state index is 0.146.